The van der Waals surface area contributed by atoms with Crippen molar-refractivity contribution in [3.8, 4) is 34.6 Å². The Bertz CT molecular complexity index is 1880. The fourth-order valence-electron chi connectivity index (χ4n) is 4.37. The van der Waals surface area contributed by atoms with Gasteiger partial charge in [0.1, 0.15) is 5.69 Å². The van der Waals surface area contributed by atoms with Gasteiger partial charge in [-0.25, -0.2) is 14.6 Å². The molecule has 4 heterocycles. The molecular formula is C33H24N4O5. The van der Waals surface area contributed by atoms with Gasteiger partial charge in [-0.1, -0.05) is 37.5 Å². The Labute approximate surface area is 241 Å². The third kappa shape index (κ3) is 5.98. The SMILES string of the molecule is CCCc1ccn(C(=O)c2ccccc2)c1C#Cc1ccnc(-c2cc(C(=O)O)cc(-c3cc(C(=O)O)ccn3)n2)c1. The van der Waals surface area contributed by atoms with Gasteiger partial charge >= 0.3 is 11.9 Å². The fraction of sp³-hybridized carbons (Fsp3) is 0.0909. The van der Waals surface area contributed by atoms with Gasteiger partial charge in [-0.15, -0.1) is 0 Å². The highest BCUT2D eigenvalue weighted by Crippen LogP contribution is 2.24. The zero-order chi connectivity index (χ0) is 29.6. The van der Waals surface area contributed by atoms with Crippen LogP contribution in [0.25, 0.3) is 22.8 Å². The maximum Gasteiger partial charge on any atom is 0.335 e. The highest BCUT2D eigenvalue weighted by Gasteiger charge is 2.16. The second-order valence-electron chi connectivity index (χ2n) is 9.33. The third-order valence-electron chi connectivity index (χ3n) is 6.42. The van der Waals surface area contributed by atoms with E-state index in [9.17, 15) is 24.6 Å². The molecule has 9 heteroatoms. The predicted molar refractivity (Wildman–Crippen MR) is 155 cm³/mol. The molecule has 0 amide bonds. The summed E-state index contributed by atoms with van der Waals surface area (Å²) in [6.07, 6.45) is 6.24. The predicted octanol–water partition coefficient (Wildman–Crippen LogP) is 5.44. The van der Waals surface area contributed by atoms with Crippen molar-refractivity contribution in [3.05, 3.63) is 125 Å². The monoisotopic (exact) mass is 556 g/mol. The molecule has 0 spiro atoms. The van der Waals surface area contributed by atoms with Gasteiger partial charge in [0.05, 0.1) is 33.9 Å². The van der Waals surface area contributed by atoms with Crippen LogP contribution in [0.3, 0.4) is 0 Å². The molecule has 0 radical (unpaired) electrons. The van der Waals surface area contributed by atoms with Crippen molar-refractivity contribution in [2.75, 3.05) is 0 Å². The van der Waals surface area contributed by atoms with Crippen molar-refractivity contribution < 1.29 is 24.6 Å². The first kappa shape index (κ1) is 27.7. The Morgan fingerprint density at radius 1 is 0.738 bits per heavy atom. The molecular weight excluding hydrogens is 532 g/mol. The van der Waals surface area contributed by atoms with Crippen molar-refractivity contribution in [2.24, 2.45) is 0 Å². The summed E-state index contributed by atoms with van der Waals surface area (Å²) in [6.45, 7) is 2.06. The molecule has 5 rings (SSSR count). The highest BCUT2D eigenvalue weighted by molar-refractivity contribution is 5.97. The van der Waals surface area contributed by atoms with Gasteiger partial charge in [0.25, 0.3) is 5.91 Å². The zero-order valence-electron chi connectivity index (χ0n) is 22.5. The van der Waals surface area contributed by atoms with Crippen molar-refractivity contribution in [1.29, 1.82) is 0 Å². The van der Waals surface area contributed by atoms with Crippen LogP contribution in [0.1, 0.15) is 61.2 Å². The number of benzene rings is 1. The van der Waals surface area contributed by atoms with Crippen molar-refractivity contribution >= 4 is 17.8 Å². The van der Waals surface area contributed by atoms with E-state index in [4.69, 9.17) is 0 Å². The van der Waals surface area contributed by atoms with Crippen LogP contribution in [0, 0.1) is 11.8 Å². The number of aryl methyl sites for hydroxylation is 1. The first-order valence-corrected chi connectivity index (χ1v) is 13.1. The number of carboxylic acids is 2. The normalized spacial score (nSPS) is 10.5. The molecule has 0 atom stereocenters. The van der Waals surface area contributed by atoms with E-state index >= 15 is 0 Å². The van der Waals surface area contributed by atoms with Gasteiger partial charge in [-0.3, -0.25) is 19.3 Å². The van der Waals surface area contributed by atoms with Gasteiger partial charge in [-0.05, 0) is 72.5 Å². The van der Waals surface area contributed by atoms with Gasteiger partial charge in [0, 0.05) is 29.7 Å². The molecule has 42 heavy (non-hydrogen) atoms. The quantitative estimate of drug-likeness (QED) is 0.253. The summed E-state index contributed by atoms with van der Waals surface area (Å²) in [7, 11) is 0. The lowest BCUT2D eigenvalue weighted by Crippen LogP contribution is -2.13. The van der Waals surface area contributed by atoms with E-state index in [2.05, 4.69) is 33.7 Å². The molecule has 206 valence electrons. The minimum absolute atomic E-state index is 0.00239. The third-order valence-corrected chi connectivity index (χ3v) is 6.42. The van der Waals surface area contributed by atoms with E-state index < -0.39 is 11.9 Å². The lowest BCUT2D eigenvalue weighted by Gasteiger charge is -2.08. The summed E-state index contributed by atoms with van der Waals surface area (Å²) in [5, 5.41) is 19.1. The minimum atomic E-state index is -1.18. The lowest BCUT2D eigenvalue weighted by atomic mass is 10.1. The molecule has 0 aliphatic carbocycles. The largest absolute Gasteiger partial charge is 0.478 e. The van der Waals surface area contributed by atoms with E-state index in [1.165, 1.54) is 30.5 Å². The van der Waals surface area contributed by atoms with Crippen molar-refractivity contribution in [2.45, 2.75) is 19.8 Å². The molecule has 0 aliphatic heterocycles. The number of carbonyl (C=O) groups excluding carboxylic acids is 1. The average Bonchev–Trinajstić information content (AvgIpc) is 3.42. The van der Waals surface area contributed by atoms with Crippen LogP contribution in [0.4, 0.5) is 0 Å². The summed E-state index contributed by atoms with van der Waals surface area (Å²) >= 11 is 0. The van der Waals surface area contributed by atoms with Crippen molar-refractivity contribution in [3.63, 3.8) is 0 Å². The maximum absolute atomic E-state index is 13.2. The molecule has 4 aromatic heterocycles. The molecule has 0 aliphatic rings. The average molecular weight is 557 g/mol. The zero-order valence-corrected chi connectivity index (χ0v) is 22.5. The van der Waals surface area contributed by atoms with E-state index in [0.29, 0.717) is 22.5 Å². The molecule has 0 fully saturated rings. The summed E-state index contributed by atoms with van der Waals surface area (Å²) < 4.78 is 1.55. The van der Waals surface area contributed by atoms with E-state index in [0.717, 1.165) is 18.4 Å². The van der Waals surface area contributed by atoms with Crippen LogP contribution >= 0.6 is 0 Å². The lowest BCUT2D eigenvalue weighted by molar-refractivity contribution is 0.0686. The minimum Gasteiger partial charge on any atom is -0.478 e. The highest BCUT2D eigenvalue weighted by atomic mass is 16.4. The van der Waals surface area contributed by atoms with Crippen LogP contribution in [0.5, 0.6) is 0 Å². The number of aromatic carboxylic acids is 2. The first-order chi connectivity index (χ1) is 20.3. The standard InChI is InChI=1S/C33H24N4O5/c1-2-6-22-13-16-37(31(38)23-7-4-3-5-8-23)30(22)10-9-21-11-14-34-26(17-21)28-19-25(33(41)42)20-29(36-28)27-18-24(32(39)40)12-15-35-27/h3-5,7-8,11-20H,2,6H2,1H3,(H,39,40)(H,41,42). The fourth-order valence-corrected chi connectivity index (χ4v) is 4.37. The number of carboxylic acid groups (broad SMARTS) is 2. The van der Waals surface area contributed by atoms with Gasteiger partial charge < -0.3 is 10.2 Å². The van der Waals surface area contributed by atoms with Crippen LogP contribution in [0.15, 0.2) is 91.4 Å². The number of pyridine rings is 3. The Hall–Kier alpha value is -5.88. The molecule has 9 nitrogen and oxygen atoms in total. The van der Waals surface area contributed by atoms with E-state index in [1.54, 1.807) is 41.2 Å². The smallest absolute Gasteiger partial charge is 0.335 e. The molecule has 0 saturated carbocycles. The maximum atomic E-state index is 13.2. The second kappa shape index (κ2) is 12.1. The number of aromatic nitrogens is 4. The number of hydrogen-bond donors (Lipinski definition) is 2. The van der Waals surface area contributed by atoms with Crippen molar-refractivity contribution in [1.82, 2.24) is 19.5 Å². The molecule has 0 saturated heterocycles. The van der Waals surface area contributed by atoms with E-state index in [-0.39, 0.29) is 34.1 Å². The van der Waals surface area contributed by atoms with Crippen LogP contribution in [-0.4, -0.2) is 47.6 Å². The topological polar surface area (TPSA) is 135 Å². The Morgan fingerprint density at radius 2 is 1.38 bits per heavy atom. The summed E-state index contributed by atoms with van der Waals surface area (Å²) in [4.78, 5) is 49.6. The second-order valence-corrected chi connectivity index (χ2v) is 9.33. The van der Waals surface area contributed by atoms with Gasteiger partial charge in [0.2, 0.25) is 0 Å². The molecule has 5 aromatic rings. The summed E-state index contributed by atoms with van der Waals surface area (Å²) in [5.74, 6) is 3.78. The Balaban J connectivity index is 1.54. The van der Waals surface area contributed by atoms with Crippen LogP contribution in [0.2, 0.25) is 0 Å². The van der Waals surface area contributed by atoms with Gasteiger partial charge in [0.15, 0.2) is 0 Å². The Morgan fingerprint density at radius 3 is 2.05 bits per heavy atom. The van der Waals surface area contributed by atoms with Crippen LogP contribution in [-0.2, 0) is 6.42 Å². The molecule has 1 aromatic carbocycles. The summed E-state index contributed by atoms with van der Waals surface area (Å²) in [5.41, 5.74) is 3.65. The number of carbonyl (C=O) groups is 3. The number of hydrogen-bond acceptors (Lipinski definition) is 6. The summed E-state index contributed by atoms with van der Waals surface area (Å²) in [6, 6.07) is 19.7. The van der Waals surface area contributed by atoms with Gasteiger partial charge in [-0.2, -0.15) is 0 Å². The van der Waals surface area contributed by atoms with E-state index in [1.807, 2.05) is 24.3 Å². The number of nitrogens with zero attached hydrogens (tertiary/aromatic N) is 4. The number of rotatable bonds is 7. The van der Waals surface area contributed by atoms with Crippen LogP contribution < -0.4 is 0 Å². The first-order valence-electron chi connectivity index (χ1n) is 13.1. The molecule has 2 N–H and O–H groups in total. The Kier molecular flexibility index (Phi) is 7.98. The molecule has 0 unspecified atom stereocenters. The molecule has 0 bridgehead atoms.